The summed E-state index contributed by atoms with van der Waals surface area (Å²) in [5.74, 6) is 0.914. The molecule has 0 bridgehead atoms. The van der Waals surface area contributed by atoms with Gasteiger partial charge in [0.05, 0.1) is 5.52 Å². The third-order valence-corrected chi connectivity index (χ3v) is 4.52. The molecule has 1 aliphatic rings. The van der Waals surface area contributed by atoms with E-state index < -0.39 is 5.60 Å². The Kier molecular flexibility index (Phi) is 5.13. The number of nitrogens with zero attached hydrogens (tertiary/aromatic N) is 4. The molecule has 1 aromatic heterocycles. The summed E-state index contributed by atoms with van der Waals surface area (Å²) in [6.45, 7) is 8.54. The van der Waals surface area contributed by atoms with Gasteiger partial charge in [0.15, 0.2) is 0 Å². The quantitative estimate of drug-likeness (QED) is 0.719. The molecule has 1 fully saturated rings. The van der Waals surface area contributed by atoms with Gasteiger partial charge in [0.1, 0.15) is 17.7 Å². The maximum atomic E-state index is 12.3. The highest BCUT2D eigenvalue weighted by atomic mass is 79.9. The van der Waals surface area contributed by atoms with E-state index in [1.807, 2.05) is 39.0 Å². The van der Waals surface area contributed by atoms with Crippen molar-refractivity contribution >= 4 is 38.7 Å². The first-order valence-corrected chi connectivity index (χ1v) is 9.26. The van der Waals surface area contributed by atoms with Crippen LogP contribution in [0.3, 0.4) is 0 Å². The Balaban J connectivity index is 1.78. The minimum absolute atomic E-state index is 0.246. The molecular formula is C18H23BrN4O2. The third kappa shape index (κ3) is 4.39. The minimum atomic E-state index is -0.474. The predicted octanol–water partition coefficient (Wildman–Crippen LogP) is 3.84. The zero-order valence-corrected chi connectivity index (χ0v) is 16.4. The second-order valence-corrected chi connectivity index (χ2v) is 8.08. The van der Waals surface area contributed by atoms with Gasteiger partial charge in [0.25, 0.3) is 0 Å². The first kappa shape index (κ1) is 17.9. The highest BCUT2D eigenvalue weighted by molar-refractivity contribution is 9.10. The molecular weight excluding hydrogens is 384 g/mol. The van der Waals surface area contributed by atoms with Gasteiger partial charge in [-0.15, -0.1) is 0 Å². The number of hydrogen-bond donors (Lipinski definition) is 0. The second kappa shape index (κ2) is 7.15. The van der Waals surface area contributed by atoms with Gasteiger partial charge in [-0.3, -0.25) is 0 Å². The number of hydrogen-bond acceptors (Lipinski definition) is 5. The number of fused-ring (bicyclic) bond motifs is 1. The monoisotopic (exact) mass is 406 g/mol. The largest absolute Gasteiger partial charge is 0.444 e. The van der Waals surface area contributed by atoms with Crippen LogP contribution >= 0.6 is 15.9 Å². The van der Waals surface area contributed by atoms with Gasteiger partial charge in [0, 0.05) is 36.0 Å². The van der Waals surface area contributed by atoms with Gasteiger partial charge in [-0.05, 0) is 45.4 Å². The van der Waals surface area contributed by atoms with E-state index in [0.717, 1.165) is 40.7 Å². The van der Waals surface area contributed by atoms with Gasteiger partial charge >= 0.3 is 6.09 Å². The summed E-state index contributed by atoms with van der Waals surface area (Å²) in [6.07, 6.45) is 2.23. The van der Waals surface area contributed by atoms with Gasteiger partial charge < -0.3 is 14.5 Å². The summed E-state index contributed by atoms with van der Waals surface area (Å²) >= 11 is 3.52. The smallest absolute Gasteiger partial charge is 0.410 e. The van der Waals surface area contributed by atoms with Gasteiger partial charge in [-0.2, -0.15) is 0 Å². The maximum Gasteiger partial charge on any atom is 0.410 e. The molecule has 25 heavy (non-hydrogen) atoms. The highest BCUT2D eigenvalue weighted by Crippen LogP contribution is 2.27. The van der Waals surface area contributed by atoms with Crippen molar-refractivity contribution in [1.82, 2.24) is 14.9 Å². The topological polar surface area (TPSA) is 58.6 Å². The summed E-state index contributed by atoms with van der Waals surface area (Å²) < 4.78 is 6.50. The molecule has 0 aliphatic carbocycles. The average molecular weight is 407 g/mol. The lowest BCUT2D eigenvalue weighted by Gasteiger charge is -2.26. The van der Waals surface area contributed by atoms with Crippen LogP contribution in [0.1, 0.15) is 27.2 Å². The van der Waals surface area contributed by atoms with Crippen molar-refractivity contribution < 1.29 is 9.53 Å². The number of benzene rings is 1. The van der Waals surface area contributed by atoms with Crippen LogP contribution in [0.25, 0.3) is 10.9 Å². The van der Waals surface area contributed by atoms with E-state index in [-0.39, 0.29) is 6.09 Å². The van der Waals surface area contributed by atoms with E-state index in [1.165, 1.54) is 0 Å². The lowest BCUT2D eigenvalue weighted by Crippen LogP contribution is -2.39. The number of amides is 1. The van der Waals surface area contributed by atoms with Gasteiger partial charge in [0.2, 0.25) is 0 Å². The number of aromatic nitrogens is 2. The number of anilines is 1. The molecule has 2 aromatic rings. The molecule has 0 spiro atoms. The fourth-order valence-electron chi connectivity index (χ4n) is 2.91. The lowest BCUT2D eigenvalue weighted by atomic mass is 10.2. The van der Waals surface area contributed by atoms with Crippen molar-refractivity contribution in [2.45, 2.75) is 32.8 Å². The molecule has 3 rings (SSSR count). The fraction of sp³-hybridized carbons (Fsp3) is 0.500. The summed E-state index contributed by atoms with van der Waals surface area (Å²) in [5, 5.41) is 1.02. The van der Waals surface area contributed by atoms with E-state index in [2.05, 4.69) is 30.8 Å². The number of ether oxygens (including phenoxy) is 1. The second-order valence-electron chi connectivity index (χ2n) is 7.17. The summed E-state index contributed by atoms with van der Waals surface area (Å²) in [5.41, 5.74) is 0.444. The molecule has 0 saturated carbocycles. The summed E-state index contributed by atoms with van der Waals surface area (Å²) in [7, 11) is 0. The normalized spacial score (nSPS) is 16.0. The van der Waals surface area contributed by atoms with Crippen molar-refractivity contribution in [3.8, 4) is 0 Å². The van der Waals surface area contributed by atoms with Crippen LogP contribution in [-0.4, -0.2) is 52.7 Å². The minimum Gasteiger partial charge on any atom is -0.444 e. The molecule has 1 aromatic carbocycles. The van der Waals surface area contributed by atoms with Crippen LogP contribution < -0.4 is 4.90 Å². The van der Waals surface area contributed by atoms with Crippen molar-refractivity contribution in [2.24, 2.45) is 0 Å². The van der Waals surface area contributed by atoms with Crippen LogP contribution in [0.4, 0.5) is 10.6 Å². The standard InChI is InChI=1S/C18H23BrN4O2/c1-18(2,3)25-17(24)23-8-4-7-22(9-10-23)16-14-11-13(19)5-6-15(14)20-12-21-16/h5-6,11-12H,4,7-10H2,1-3H3. The average Bonchev–Trinajstić information content (AvgIpc) is 2.78. The molecule has 134 valence electrons. The van der Waals surface area contributed by atoms with Crippen molar-refractivity contribution in [3.05, 3.63) is 29.0 Å². The molecule has 1 aliphatic heterocycles. The molecule has 1 saturated heterocycles. The Morgan fingerprint density at radius 2 is 1.96 bits per heavy atom. The Bertz CT molecular complexity index is 775. The number of rotatable bonds is 1. The van der Waals surface area contributed by atoms with Crippen LogP contribution in [0.5, 0.6) is 0 Å². The SMILES string of the molecule is CC(C)(C)OC(=O)N1CCCN(c2ncnc3ccc(Br)cc23)CC1. The number of halogens is 1. The first-order chi connectivity index (χ1) is 11.8. The van der Waals surface area contributed by atoms with Crippen LogP contribution in [0.2, 0.25) is 0 Å². The third-order valence-electron chi connectivity index (χ3n) is 4.02. The molecule has 2 heterocycles. The van der Waals surface area contributed by atoms with Gasteiger partial charge in [-0.1, -0.05) is 15.9 Å². The lowest BCUT2D eigenvalue weighted by molar-refractivity contribution is 0.0263. The summed E-state index contributed by atoms with van der Waals surface area (Å²) in [4.78, 5) is 25.2. The van der Waals surface area contributed by atoms with Crippen molar-refractivity contribution in [3.63, 3.8) is 0 Å². The molecule has 7 heteroatoms. The molecule has 1 amide bonds. The van der Waals surface area contributed by atoms with Crippen molar-refractivity contribution in [2.75, 3.05) is 31.1 Å². The molecule has 0 N–H and O–H groups in total. The Morgan fingerprint density at radius 3 is 2.72 bits per heavy atom. The van der Waals surface area contributed by atoms with Crippen LogP contribution in [0.15, 0.2) is 29.0 Å². The van der Waals surface area contributed by atoms with E-state index in [0.29, 0.717) is 13.1 Å². The van der Waals surface area contributed by atoms with E-state index in [4.69, 9.17) is 4.74 Å². The van der Waals surface area contributed by atoms with Crippen molar-refractivity contribution in [1.29, 1.82) is 0 Å². The highest BCUT2D eigenvalue weighted by Gasteiger charge is 2.25. The molecule has 0 atom stereocenters. The van der Waals surface area contributed by atoms with Crippen LogP contribution in [-0.2, 0) is 4.74 Å². The van der Waals surface area contributed by atoms with E-state index in [1.54, 1.807) is 11.2 Å². The molecule has 0 unspecified atom stereocenters. The van der Waals surface area contributed by atoms with E-state index in [9.17, 15) is 4.79 Å². The van der Waals surface area contributed by atoms with Crippen LogP contribution in [0, 0.1) is 0 Å². The maximum absolute atomic E-state index is 12.3. The zero-order valence-electron chi connectivity index (χ0n) is 14.8. The predicted molar refractivity (Wildman–Crippen MR) is 102 cm³/mol. The summed E-state index contributed by atoms with van der Waals surface area (Å²) in [6, 6.07) is 6.00. The number of carbonyl (C=O) groups is 1. The number of carbonyl (C=O) groups excluding carboxylic acids is 1. The zero-order chi connectivity index (χ0) is 18.0. The first-order valence-electron chi connectivity index (χ1n) is 8.47. The Labute approximate surface area is 156 Å². The van der Waals surface area contributed by atoms with E-state index >= 15 is 0 Å². The Morgan fingerprint density at radius 1 is 1.16 bits per heavy atom. The van der Waals surface area contributed by atoms with Gasteiger partial charge in [-0.25, -0.2) is 14.8 Å². The molecule has 6 nitrogen and oxygen atoms in total. The Hall–Kier alpha value is -1.89. The molecule has 0 radical (unpaired) electrons. The fourth-order valence-corrected chi connectivity index (χ4v) is 3.27.